The number of hydrogen-bond donors (Lipinski definition) is 1. The van der Waals surface area contributed by atoms with E-state index in [0.29, 0.717) is 23.1 Å². The summed E-state index contributed by atoms with van der Waals surface area (Å²) in [4.78, 5) is 4.16. The second-order valence-corrected chi connectivity index (χ2v) is 4.63. The van der Waals surface area contributed by atoms with E-state index in [9.17, 15) is 0 Å². The van der Waals surface area contributed by atoms with Gasteiger partial charge in [0.15, 0.2) is 0 Å². The van der Waals surface area contributed by atoms with E-state index in [4.69, 9.17) is 22.1 Å². The molecule has 1 aromatic carbocycles. The van der Waals surface area contributed by atoms with E-state index in [2.05, 4.69) is 4.98 Å². The summed E-state index contributed by atoms with van der Waals surface area (Å²) >= 11 is 6.04. The van der Waals surface area contributed by atoms with Crippen LogP contribution in [-0.4, -0.2) is 4.98 Å². The number of rotatable bonds is 3. The highest BCUT2D eigenvalue weighted by molar-refractivity contribution is 6.31. The van der Waals surface area contributed by atoms with Gasteiger partial charge < -0.3 is 10.5 Å². The van der Waals surface area contributed by atoms with Gasteiger partial charge in [0.05, 0.1) is 10.7 Å². The Hall–Kier alpha value is -1.74. The van der Waals surface area contributed by atoms with Crippen molar-refractivity contribution in [2.45, 2.75) is 20.5 Å². The molecule has 1 heterocycles. The number of aryl methyl sites for hydroxylation is 2. The highest BCUT2D eigenvalue weighted by atomic mass is 35.5. The maximum atomic E-state index is 6.04. The van der Waals surface area contributed by atoms with Crippen molar-refractivity contribution in [3.63, 3.8) is 0 Å². The van der Waals surface area contributed by atoms with Crippen LogP contribution in [0.1, 0.15) is 16.8 Å². The lowest BCUT2D eigenvalue weighted by Gasteiger charge is -2.10. The lowest BCUT2D eigenvalue weighted by molar-refractivity contribution is 0.299. The first-order valence-electron chi connectivity index (χ1n) is 5.67. The van der Waals surface area contributed by atoms with Gasteiger partial charge in [0.1, 0.15) is 18.2 Å². The fourth-order valence-electron chi connectivity index (χ4n) is 1.61. The number of hydrogen-bond acceptors (Lipinski definition) is 3. The molecule has 4 heteroatoms. The van der Waals surface area contributed by atoms with Crippen LogP contribution in [0.15, 0.2) is 30.3 Å². The smallest absolute Gasteiger partial charge is 0.132 e. The van der Waals surface area contributed by atoms with Crippen molar-refractivity contribution in [3.8, 4) is 5.75 Å². The van der Waals surface area contributed by atoms with Crippen LogP contribution in [0.5, 0.6) is 5.75 Å². The highest BCUT2D eigenvalue weighted by Crippen LogP contribution is 2.22. The molecule has 0 fully saturated rings. The van der Waals surface area contributed by atoms with Gasteiger partial charge in [-0.05, 0) is 43.2 Å². The number of pyridine rings is 1. The SMILES string of the molecule is Cc1ccc(C)c(OCc2nc(N)ccc2Cl)c1. The summed E-state index contributed by atoms with van der Waals surface area (Å²) in [5.74, 6) is 1.29. The Morgan fingerprint density at radius 1 is 1.22 bits per heavy atom. The molecule has 0 saturated carbocycles. The van der Waals surface area contributed by atoms with Crippen LogP contribution in [-0.2, 0) is 6.61 Å². The number of nitrogens with zero attached hydrogens (tertiary/aromatic N) is 1. The first kappa shape index (κ1) is 12.7. The molecule has 18 heavy (non-hydrogen) atoms. The molecule has 0 aliphatic rings. The lowest BCUT2D eigenvalue weighted by Crippen LogP contribution is -2.02. The van der Waals surface area contributed by atoms with Gasteiger partial charge in [0, 0.05) is 0 Å². The van der Waals surface area contributed by atoms with Crippen molar-refractivity contribution < 1.29 is 4.74 Å². The molecule has 0 aliphatic heterocycles. The topological polar surface area (TPSA) is 48.1 Å². The second kappa shape index (κ2) is 5.27. The first-order valence-corrected chi connectivity index (χ1v) is 6.05. The molecule has 2 N–H and O–H groups in total. The molecule has 0 aliphatic carbocycles. The van der Waals surface area contributed by atoms with E-state index < -0.39 is 0 Å². The number of ether oxygens (including phenoxy) is 1. The van der Waals surface area contributed by atoms with Gasteiger partial charge in [0.2, 0.25) is 0 Å². The summed E-state index contributed by atoms with van der Waals surface area (Å²) < 4.78 is 5.74. The summed E-state index contributed by atoms with van der Waals surface area (Å²) in [7, 11) is 0. The average Bonchev–Trinajstić information content (AvgIpc) is 2.34. The van der Waals surface area contributed by atoms with Crippen molar-refractivity contribution in [1.29, 1.82) is 0 Å². The fourth-order valence-corrected chi connectivity index (χ4v) is 1.77. The van der Waals surface area contributed by atoms with Gasteiger partial charge in [-0.1, -0.05) is 23.7 Å². The molecule has 0 spiro atoms. The molecule has 0 bridgehead atoms. The summed E-state index contributed by atoms with van der Waals surface area (Å²) in [6.07, 6.45) is 0. The summed E-state index contributed by atoms with van der Waals surface area (Å²) in [6, 6.07) is 9.47. The molecule has 0 radical (unpaired) electrons. The standard InChI is InChI=1S/C14H15ClN2O/c1-9-3-4-10(2)13(7-9)18-8-12-11(15)5-6-14(16)17-12/h3-7H,8H2,1-2H3,(H2,16,17). The number of benzene rings is 1. The molecule has 0 amide bonds. The maximum absolute atomic E-state index is 6.04. The molecule has 94 valence electrons. The van der Waals surface area contributed by atoms with Crippen molar-refractivity contribution in [3.05, 3.63) is 52.2 Å². The van der Waals surface area contributed by atoms with Crippen LogP contribution in [0.3, 0.4) is 0 Å². The van der Waals surface area contributed by atoms with Crippen LogP contribution >= 0.6 is 11.6 Å². The quantitative estimate of drug-likeness (QED) is 0.921. The molecule has 0 unspecified atom stereocenters. The predicted molar refractivity (Wildman–Crippen MR) is 73.9 cm³/mol. The molecular formula is C14H15ClN2O. The third kappa shape index (κ3) is 2.93. The van der Waals surface area contributed by atoms with Crippen LogP contribution in [0.2, 0.25) is 5.02 Å². The largest absolute Gasteiger partial charge is 0.487 e. The monoisotopic (exact) mass is 262 g/mol. The van der Waals surface area contributed by atoms with Crippen molar-refractivity contribution in [1.82, 2.24) is 4.98 Å². The van der Waals surface area contributed by atoms with Crippen LogP contribution in [0.4, 0.5) is 5.82 Å². The van der Waals surface area contributed by atoms with Crippen molar-refractivity contribution in [2.75, 3.05) is 5.73 Å². The lowest BCUT2D eigenvalue weighted by atomic mass is 10.1. The maximum Gasteiger partial charge on any atom is 0.132 e. The minimum absolute atomic E-state index is 0.314. The number of anilines is 1. The fraction of sp³-hybridized carbons (Fsp3) is 0.214. The third-order valence-corrected chi connectivity index (χ3v) is 2.99. The zero-order valence-corrected chi connectivity index (χ0v) is 11.2. The minimum Gasteiger partial charge on any atom is -0.487 e. The summed E-state index contributed by atoms with van der Waals surface area (Å²) in [6.45, 7) is 4.34. The average molecular weight is 263 g/mol. The Labute approximate surface area is 112 Å². The van der Waals surface area contributed by atoms with E-state index in [0.717, 1.165) is 16.9 Å². The molecule has 3 nitrogen and oxygen atoms in total. The Bertz CT molecular complexity index is 518. The zero-order chi connectivity index (χ0) is 13.1. The van der Waals surface area contributed by atoms with Gasteiger partial charge >= 0.3 is 0 Å². The minimum atomic E-state index is 0.314. The Morgan fingerprint density at radius 3 is 2.78 bits per heavy atom. The molecule has 2 rings (SSSR count). The Kier molecular flexibility index (Phi) is 3.72. The zero-order valence-electron chi connectivity index (χ0n) is 10.4. The Morgan fingerprint density at radius 2 is 2.00 bits per heavy atom. The van der Waals surface area contributed by atoms with Crippen molar-refractivity contribution >= 4 is 17.4 Å². The van der Waals surface area contributed by atoms with Crippen LogP contribution < -0.4 is 10.5 Å². The van der Waals surface area contributed by atoms with E-state index in [1.54, 1.807) is 12.1 Å². The molecule has 0 atom stereocenters. The summed E-state index contributed by atoms with van der Waals surface area (Å²) in [5.41, 5.74) is 8.51. The summed E-state index contributed by atoms with van der Waals surface area (Å²) in [5, 5.41) is 0.564. The number of nitrogens with two attached hydrogens (primary N) is 1. The number of aromatic nitrogens is 1. The first-order chi connectivity index (χ1) is 8.56. The van der Waals surface area contributed by atoms with Gasteiger partial charge in [-0.3, -0.25) is 0 Å². The molecule has 2 aromatic rings. The molecule has 0 saturated heterocycles. The molecule has 1 aromatic heterocycles. The van der Waals surface area contributed by atoms with Gasteiger partial charge in [-0.2, -0.15) is 0 Å². The number of halogens is 1. The second-order valence-electron chi connectivity index (χ2n) is 4.22. The molecular weight excluding hydrogens is 248 g/mol. The predicted octanol–water partition coefficient (Wildman–Crippen LogP) is 3.51. The van der Waals surface area contributed by atoms with E-state index in [-0.39, 0.29) is 0 Å². The van der Waals surface area contributed by atoms with E-state index in [1.807, 2.05) is 32.0 Å². The third-order valence-electron chi connectivity index (χ3n) is 2.65. The highest BCUT2D eigenvalue weighted by Gasteiger charge is 2.05. The van der Waals surface area contributed by atoms with Crippen molar-refractivity contribution in [2.24, 2.45) is 0 Å². The van der Waals surface area contributed by atoms with Crippen LogP contribution in [0, 0.1) is 13.8 Å². The van der Waals surface area contributed by atoms with Gasteiger partial charge in [-0.15, -0.1) is 0 Å². The Balaban J connectivity index is 2.16. The van der Waals surface area contributed by atoms with E-state index in [1.165, 1.54) is 0 Å². The van der Waals surface area contributed by atoms with Gasteiger partial charge in [0.25, 0.3) is 0 Å². The van der Waals surface area contributed by atoms with E-state index >= 15 is 0 Å². The van der Waals surface area contributed by atoms with Gasteiger partial charge in [-0.25, -0.2) is 4.98 Å². The number of nitrogen functional groups attached to an aromatic ring is 1. The van der Waals surface area contributed by atoms with Crippen LogP contribution in [0.25, 0.3) is 0 Å². The normalized spacial score (nSPS) is 10.4.